The van der Waals surface area contributed by atoms with Gasteiger partial charge in [0.25, 0.3) is 0 Å². The normalized spacial score (nSPS) is 11.8. The second kappa shape index (κ2) is 6.43. The Labute approximate surface area is 117 Å². The van der Waals surface area contributed by atoms with Crippen molar-refractivity contribution in [2.75, 3.05) is 25.5 Å². The molecule has 0 aliphatic heterocycles. The van der Waals surface area contributed by atoms with Gasteiger partial charge in [-0.25, -0.2) is 4.79 Å². The van der Waals surface area contributed by atoms with Crippen LogP contribution in [0.15, 0.2) is 18.2 Å². The van der Waals surface area contributed by atoms with Crippen LogP contribution in [0.25, 0.3) is 0 Å². The molecule has 0 spiro atoms. The molecule has 1 amide bonds. The predicted molar refractivity (Wildman–Crippen MR) is 74.9 cm³/mol. The van der Waals surface area contributed by atoms with Gasteiger partial charge in [0.2, 0.25) is 5.91 Å². The van der Waals surface area contributed by atoms with Crippen LogP contribution < -0.4 is 10.2 Å². The monoisotopic (exact) mass is 284 g/mol. The van der Waals surface area contributed by atoms with Crippen molar-refractivity contribution in [3.05, 3.63) is 28.8 Å². The summed E-state index contributed by atoms with van der Waals surface area (Å²) in [5.41, 5.74) is 0.659. The van der Waals surface area contributed by atoms with E-state index in [0.717, 1.165) is 0 Å². The summed E-state index contributed by atoms with van der Waals surface area (Å²) < 4.78 is 0. The van der Waals surface area contributed by atoms with Crippen LogP contribution in [-0.2, 0) is 4.79 Å². The summed E-state index contributed by atoms with van der Waals surface area (Å²) in [7, 11) is 3.32. The SMILES string of the molecule is CNC(=O)C(C)CN(C)c1ccc(Cl)cc1C(=O)O. The molecule has 0 heterocycles. The fourth-order valence-electron chi connectivity index (χ4n) is 1.85. The number of nitrogens with one attached hydrogen (secondary N) is 1. The Balaban J connectivity index is 2.96. The van der Waals surface area contributed by atoms with Crippen molar-refractivity contribution in [3.8, 4) is 0 Å². The van der Waals surface area contributed by atoms with Crippen molar-refractivity contribution in [2.24, 2.45) is 5.92 Å². The van der Waals surface area contributed by atoms with E-state index in [1.54, 1.807) is 38.1 Å². The molecule has 0 saturated carbocycles. The Kier molecular flexibility index (Phi) is 5.18. The molecular weight excluding hydrogens is 268 g/mol. The molecule has 0 aliphatic rings. The van der Waals surface area contributed by atoms with Crippen molar-refractivity contribution in [3.63, 3.8) is 0 Å². The number of hydrogen-bond donors (Lipinski definition) is 2. The zero-order valence-electron chi connectivity index (χ0n) is 11.1. The van der Waals surface area contributed by atoms with Gasteiger partial charge >= 0.3 is 5.97 Å². The molecule has 0 bridgehead atoms. The number of amides is 1. The van der Waals surface area contributed by atoms with E-state index in [1.807, 2.05) is 0 Å². The molecule has 0 radical (unpaired) electrons. The van der Waals surface area contributed by atoms with E-state index in [-0.39, 0.29) is 17.4 Å². The topological polar surface area (TPSA) is 69.6 Å². The van der Waals surface area contributed by atoms with Gasteiger partial charge in [-0.3, -0.25) is 4.79 Å². The summed E-state index contributed by atoms with van der Waals surface area (Å²) in [6.45, 7) is 2.20. The number of aromatic carboxylic acids is 1. The molecule has 1 unspecified atom stereocenters. The van der Waals surface area contributed by atoms with Gasteiger partial charge in [-0.1, -0.05) is 18.5 Å². The number of rotatable bonds is 5. The maximum atomic E-state index is 11.5. The minimum Gasteiger partial charge on any atom is -0.478 e. The molecule has 1 atom stereocenters. The number of carbonyl (C=O) groups excluding carboxylic acids is 1. The molecule has 1 aromatic carbocycles. The lowest BCUT2D eigenvalue weighted by atomic mass is 10.1. The molecule has 0 aliphatic carbocycles. The highest BCUT2D eigenvalue weighted by atomic mass is 35.5. The van der Waals surface area contributed by atoms with E-state index >= 15 is 0 Å². The fourth-order valence-corrected chi connectivity index (χ4v) is 2.02. The smallest absolute Gasteiger partial charge is 0.337 e. The summed E-state index contributed by atoms with van der Waals surface area (Å²) in [5, 5.41) is 12.1. The standard InChI is InChI=1S/C13H17ClN2O3/c1-8(12(17)15-2)7-16(3)11-5-4-9(14)6-10(11)13(18)19/h4-6,8H,7H2,1-3H3,(H,15,17)(H,18,19). The zero-order valence-corrected chi connectivity index (χ0v) is 11.9. The van der Waals surface area contributed by atoms with Crippen LogP contribution in [0.1, 0.15) is 17.3 Å². The maximum Gasteiger partial charge on any atom is 0.337 e. The van der Waals surface area contributed by atoms with Crippen LogP contribution in [0.2, 0.25) is 5.02 Å². The summed E-state index contributed by atoms with van der Waals surface area (Å²) in [4.78, 5) is 24.4. The van der Waals surface area contributed by atoms with E-state index in [4.69, 9.17) is 16.7 Å². The summed E-state index contributed by atoms with van der Waals surface area (Å²) in [5.74, 6) is -1.37. The van der Waals surface area contributed by atoms with Gasteiger partial charge in [-0.05, 0) is 18.2 Å². The quantitative estimate of drug-likeness (QED) is 0.866. The molecule has 1 rings (SSSR count). The minimum atomic E-state index is -1.04. The number of carbonyl (C=O) groups is 2. The summed E-state index contributed by atoms with van der Waals surface area (Å²) in [6.07, 6.45) is 0. The number of nitrogens with zero attached hydrogens (tertiary/aromatic N) is 1. The lowest BCUT2D eigenvalue weighted by Crippen LogP contribution is -2.34. The van der Waals surface area contributed by atoms with Crippen molar-refractivity contribution >= 4 is 29.2 Å². The largest absolute Gasteiger partial charge is 0.478 e. The van der Waals surface area contributed by atoms with Crippen molar-refractivity contribution in [1.82, 2.24) is 5.32 Å². The first-order chi connectivity index (χ1) is 8.86. The second-order valence-corrected chi connectivity index (χ2v) is 4.80. The third kappa shape index (κ3) is 3.86. The van der Waals surface area contributed by atoms with E-state index < -0.39 is 5.97 Å². The third-order valence-electron chi connectivity index (χ3n) is 2.84. The van der Waals surface area contributed by atoms with Gasteiger partial charge in [-0.2, -0.15) is 0 Å². The molecule has 1 aromatic rings. The summed E-state index contributed by atoms with van der Waals surface area (Å²) in [6, 6.07) is 4.67. The number of hydrogen-bond acceptors (Lipinski definition) is 3. The Morgan fingerprint density at radius 1 is 1.47 bits per heavy atom. The highest BCUT2D eigenvalue weighted by molar-refractivity contribution is 6.31. The lowest BCUT2D eigenvalue weighted by Gasteiger charge is -2.24. The van der Waals surface area contributed by atoms with E-state index in [9.17, 15) is 9.59 Å². The predicted octanol–water partition coefficient (Wildman–Crippen LogP) is 1.86. The third-order valence-corrected chi connectivity index (χ3v) is 3.08. The maximum absolute atomic E-state index is 11.5. The molecule has 19 heavy (non-hydrogen) atoms. The lowest BCUT2D eigenvalue weighted by molar-refractivity contribution is -0.123. The molecule has 2 N–H and O–H groups in total. The molecule has 6 heteroatoms. The van der Waals surface area contributed by atoms with Crippen LogP contribution in [-0.4, -0.2) is 37.6 Å². The Morgan fingerprint density at radius 3 is 2.63 bits per heavy atom. The van der Waals surface area contributed by atoms with E-state index in [2.05, 4.69) is 5.32 Å². The average Bonchev–Trinajstić information content (AvgIpc) is 2.37. The Hall–Kier alpha value is -1.75. The van der Waals surface area contributed by atoms with Crippen molar-refractivity contribution < 1.29 is 14.7 Å². The highest BCUT2D eigenvalue weighted by Crippen LogP contribution is 2.24. The fraction of sp³-hybridized carbons (Fsp3) is 0.385. The Bertz CT molecular complexity index is 491. The first-order valence-electron chi connectivity index (χ1n) is 5.82. The van der Waals surface area contributed by atoms with Gasteiger partial charge < -0.3 is 15.3 Å². The molecule has 0 fully saturated rings. The van der Waals surface area contributed by atoms with Crippen LogP contribution in [0.5, 0.6) is 0 Å². The van der Waals surface area contributed by atoms with Gasteiger partial charge in [0.1, 0.15) is 0 Å². The van der Waals surface area contributed by atoms with Gasteiger partial charge in [0.15, 0.2) is 0 Å². The van der Waals surface area contributed by atoms with Crippen LogP contribution in [0.3, 0.4) is 0 Å². The van der Waals surface area contributed by atoms with Crippen LogP contribution in [0.4, 0.5) is 5.69 Å². The second-order valence-electron chi connectivity index (χ2n) is 4.36. The number of carboxylic acids is 1. The zero-order chi connectivity index (χ0) is 14.6. The van der Waals surface area contributed by atoms with Crippen LogP contribution >= 0.6 is 11.6 Å². The number of benzene rings is 1. The number of anilines is 1. The van der Waals surface area contributed by atoms with Crippen molar-refractivity contribution in [1.29, 1.82) is 0 Å². The molecule has 104 valence electrons. The number of carboxylic acid groups (broad SMARTS) is 1. The van der Waals surface area contributed by atoms with Crippen molar-refractivity contribution in [2.45, 2.75) is 6.92 Å². The van der Waals surface area contributed by atoms with Crippen LogP contribution in [0, 0.1) is 5.92 Å². The minimum absolute atomic E-state index is 0.0855. The molecule has 5 nitrogen and oxygen atoms in total. The highest BCUT2D eigenvalue weighted by Gasteiger charge is 2.18. The van der Waals surface area contributed by atoms with Gasteiger partial charge in [-0.15, -0.1) is 0 Å². The Morgan fingerprint density at radius 2 is 2.11 bits per heavy atom. The average molecular weight is 285 g/mol. The first kappa shape index (κ1) is 15.3. The first-order valence-corrected chi connectivity index (χ1v) is 6.20. The van der Waals surface area contributed by atoms with Gasteiger partial charge in [0, 0.05) is 25.7 Å². The van der Waals surface area contributed by atoms with E-state index in [1.165, 1.54) is 6.07 Å². The number of halogens is 1. The molecular formula is C13H17ClN2O3. The molecule has 0 aromatic heterocycles. The van der Waals surface area contributed by atoms with E-state index in [0.29, 0.717) is 17.3 Å². The summed E-state index contributed by atoms with van der Waals surface area (Å²) >= 11 is 5.80. The van der Waals surface area contributed by atoms with Gasteiger partial charge in [0.05, 0.1) is 17.2 Å². The molecule has 0 saturated heterocycles.